The molecule has 108 valence electrons. The molecule has 4 heteroatoms. The number of nitrogens with zero attached hydrogens (tertiary/aromatic N) is 2. The van der Waals surface area contributed by atoms with E-state index in [0.29, 0.717) is 0 Å². The van der Waals surface area contributed by atoms with Gasteiger partial charge in [0.1, 0.15) is 0 Å². The summed E-state index contributed by atoms with van der Waals surface area (Å²) in [4.78, 5) is 5.68. The fourth-order valence-electron chi connectivity index (χ4n) is 2.53. The molecule has 0 amide bonds. The van der Waals surface area contributed by atoms with Gasteiger partial charge in [-0.15, -0.1) is 11.3 Å². The van der Waals surface area contributed by atoms with Crippen molar-refractivity contribution in [2.75, 3.05) is 0 Å². The first-order chi connectivity index (χ1) is 10.3. The van der Waals surface area contributed by atoms with Crippen molar-refractivity contribution in [2.24, 2.45) is 5.73 Å². The van der Waals surface area contributed by atoms with Gasteiger partial charge in [0.15, 0.2) is 0 Å². The predicted octanol–water partition coefficient (Wildman–Crippen LogP) is 3.60. The number of imidazole rings is 1. The molecule has 0 spiro atoms. The number of thiophene rings is 1. The highest BCUT2D eigenvalue weighted by atomic mass is 32.1. The Hall–Kier alpha value is -1.91. The highest BCUT2D eigenvalue weighted by Gasteiger charge is 2.14. The molecule has 0 aliphatic heterocycles. The van der Waals surface area contributed by atoms with Gasteiger partial charge in [-0.1, -0.05) is 37.3 Å². The average molecular weight is 297 g/mol. The third kappa shape index (κ3) is 2.91. The Morgan fingerprint density at radius 2 is 2.05 bits per heavy atom. The molecule has 0 saturated carbocycles. The van der Waals surface area contributed by atoms with Crippen LogP contribution in [0.25, 0.3) is 0 Å². The van der Waals surface area contributed by atoms with E-state index in [-0.39, 0.29) is 6.04 Å². The molecule has 0 aliphatic carbocycles. The second kappa shape index (κ2) is 6.24. The predicted molar refractivity (Wildman–Crippen MR) is 87.5 cm³/mol. The van der Waals surface area contributed by atoms with Crippen molar-refractivity contribution in [2.45, 2.75) is 25.9 Å². The Kier molecular flexibility index (Phi) is 4.18. The lowest BCUT2D eigenvalue weighted by atomic mass is 10.1. The van der Waals surface area contributed by atoms with Crippen molar-refractivity contribution >= 4 is 11.3 Å². The molecular weight excluding hydrogens is 278 g/mol. The molecule has 1 unspecified atom stereocenters. The molecule has 1 atom stereocenters. The van der Waals surface area contributed by atoms with Crippen molar-refractivity contribution < 1.29 is 0 Å². The minimum Gasteiger partial charge on any atom is -0.328 e. The molecule has 3 nitrogen and oxygen atoms in total. The van der Waals surface area contributed by atoms with Gasteiger partial charge in [0.05, 0.1) is 30.8 Å². The van der Waals surface area contributed by atoms with Crippen molar-refractivity contribution in [3.05, 3.63) is 76.0 Å². The summed E-state index contributed by atoms with van der Waals surface area (Å²) >= 11 is 1.80. The third-order valence-corrected chi connectivity index (χ3v) is 4.70. The maximum Gasteiger partial charge on any atom is 0.0952 e. The van der Waals surface area contributed by atoms with Crippen LogP contribution in [0.1, 0.15) is 34.7 Å². The van der Waals surface area contributed by atoms with Gasteiger partial charge < -0.3 is 10.3 Å². The normalized spacial score (nSPS) is 12.5. The molecule has 0 fully saturated rings. The first kappa shape index (κ1) is 14.0. The number of nitrogens with two attached hydrogens (primary N) is 1. The fraction of sp³-hybridized carbons (Fsp3) is 0.235. The van der Waals surface area contributed by atoms with Crippen molar-refractivity contribution in [3.63, 3.8) is 0 Å². The zero-order valence-electron chi connectivity index (χ0n) is 12.1. The van der Waals surface area contributed by atoms with Crippen molar-refractivity contribution in [1.29, 1.82) is 0 Å². The van der Waals surface area contributed by atoms with E-state index in [9.17, 15) is 0 Å². The molecule has 2 N–H and O–H groups in total. The summed E-state index contributed by atoms with van der Waals surface area (Å²) < 4.78 is 2.16. The Morgan fingerprint density at radius 3 is 2.81 bits per heavy atom. The Balaban J connectivity index is 1.87. The van der Waals surface area contributed by atoms with E-state index in [4.69, 9.17) is 5.73 Å². The number of hydrogen-bond donors (Lipinski definition) is 1. The Bertz CT molecular complexity index is 700. The lowest BCUT2D eigenvalue weighted by molar-refractivity contribution is 0.698. The van der Waals surface area contributed by atoms with Gasteiger partial charge in [-0.05, 0) is 29.0 Å². The van der Waals surface area contributed by atoms with Gasteiger partial charge in [0, 0.05) is 4.88 Å². The third-order valence-electron chi connectivity index (χ3n) is 3.75. The molecule has 0 radical (unpaired) electrons. The first-order valence-electron chi connectivity index (χ1n) is 7.15. The van der Waals surface area contributed by atoms with Gasteiger partial charge >= 0.3 is 0 Å². The summed E-state index contributed by atoms with van der Waals surface area (Å²) in [5.41, 5.74) is 9.98. The van der Waals surface area contributed by atoms with E-state index < -0.39 is 0 Å². The number of aryl methyl sites for hydroxylation is 1. The molecule has 2 heterocycles. The maximum atomic E-state index is 6.40. The van der Waals surface area contributed by atoms with Crippen LogP contribution in [0.2, 0.25) is 0 Å². The van der Waals surface area contributed by atoms with Crippen LogP contribution in [0.3, 0.4) is 0 Å². The molecule has 21 heavy (non-hydrogen) atoms. The molecule has 3 rings (SSSR count). The van der Waals surface area contributed by atoms with E-state index in [1.54, 1.807) is 11.3 Å². The first-order valence-corrected chi connectivity index (χ1v) is 8.03. The van der Waals surface area contributed by atoms with Gasteiger partial charge in [0.2, 0.25) is 0 Å². The fourth-order valence-corrected chi connectivity index (χ4v) is 3.50. The van der Waals surface area contributed by atoms with Crippen LogP contribution in [-0.2, 0) is 13.0 Å². The van der Waals surface area contributed by atoms with Crippen LogP contribution in [0.5, 0.6) is 0 Å². The second-order valence-corrected chi connectivity index (χ2v) is 6.06. The summed E-state index contributed by atoms with van der Waals surface area (Å²) in [6, 6.07) is 12.2. The SMILES string of the molecule is CCc1ccsc1Cn1cncc1C(N)c1ccccc1. The minimum atomic E-state index is -0.140. The van der Waals surface area contributed by atoms with Crippen LogP contribution in [0.15, 0.2) is 54.3 Å². The largest absolute Gasteiger partial charge is 0.328 e. The van der Waals surface area contributed by atoms with E-state index >= 15 is 0 Å². The van der Waals surface area contributed by atoms with E-state index in [1.807, 2.05) is 30.7 Å². The average Bonchev–Trinajstić information content (AvgIpc) is 3.17. The van der Waals surface area contributed by atoms with Gasteiger partial charge in [-0.2, -0.15) is 0 Å². The standard InChI is InChI=1S/C17H19N3S/c1-2-13-8-9-21-16(13)11-20-12-19-10-15(20)17(18)14-6-4-3-5-7-14/h3-10,12,17H,2,11,18H2,1H3. The molecule has 0 saturated heterocycles. The number of rotatable bonds is 5. The number of aromatic nitrogens is 2. The van der Waals surface area contributed by atoms with Gasteiger partial charge in [-0.25, -0.2) is 4.98 Å². The Morgan fingerprint density at radius 1 is 1.24 bits per heavy atom. The maximum absolute atomic E-state index is 6.40. The van der Waals surface area contributed by atoms with Crippen LogP contribution in [0.4, 0.5) is 0 Å². The zero-order chi connectivity index (χ0) is 14.7. The van der Waals surface area contributed by atoms with Crippen LogP contribution in [-0.4, -0.2) is 9.55 Å². The number of hydrogen-bond acceptors (Lipinski definition) is 3. The molecule has 3 aromatic rings. The Labute approximate surface area is 129 Å². The van der Waals surface area contributed by atoms with Crippen molar-refractivity contribution in [1.82, 2.24) is 9.55 Å². The molecular formula is C17H19N3S. The van der Waals surface area contributed by atoms with E-state index in [2.05, 4.69) is 40.1 Å². The van der Waals surface area contributed by atoms with Crippen LogP contribution >= 0.6 is 11.3 Å². The minimum absolute atomic E-state index is 0.140. The molecule has 2 aromatic heterocycles. The topological polar surface area (TPSA) is 43.8 Å². The summed E-state index contributed by atoms with van der Waals surface area (Å²) in [5, 5.41) is 2.15. The zero-order valence-corrected chi connectivity index (χ0v) is 12.9. The summed E-state index contributed by atoms with van der Waals surface area (Å²) in [6.45, 7) is 3.03. The summed E-state index contributed by atoms with van der Waals surface area (Å²) in [5.74, 6) is 0. The van der Waals surface area contributed by atoms with Crippen LogP contribution in [0, 0.1) is 0 Å². The number of benzene rings is 1. The molecule has 0 aliphatic rings. The van der Waals surface area contributed by atoms with E-state index in [0.717, 1.165) is 24.2 Å². The lowest BCUT2D eigenvalue weighted by Gasteiger charge is -2.15. The monoisotopic (exact) mass is 297 g/mol. The van der Waals surface area contributed by atoms with Crippen LogP contribution < -0.4 is 5.73 Å². The second-order valence-electron chi connectivity index (χ2n) is 5.06. The highest BCUT2D eigenvalue weighted by Crippen LogP contribution is 2.23. The van der Waals surface area contributed by atoms with E-state index in [1.165, 1.54) is 10.4 Å². The molecule has 1 aromatic carbocycles. The quantitative estimate of drug-likeness (QED) is 0.782. The molecule has 0 bridgehead atoms. The smallest absolute Gasteiger partial charge is 0.0952 e. The highest BCUT2D eigenvalue weighted by molar-refractivity contribution is 7.10. The lowest BCUT2D eigenvalue weighted by Crippen LogP contribution is -2.16. The summed E-state index contributed by atoms with van der Waals surface area (Å²) in [7, 11) is 0. The van der Waals surface area contributed by atoms with Crippen molar-refractivity contribution in [3.8, 4) is 0 Å². The van der Waals surface area contributed by atoms with Gasteiger partial charge in [0.25, 0.3) is 0 Å². The van der Waals surface area contributed by atoms with Gasteiger partial charge in [-0.3, -0.25) is 0 Å². The summed E-state index contributed by atoms with van der Waals surface area (Å²) in [6.07, 6.45) is 4.81.